The largest absolute Gasteiger partial charge is 0.314 e. The van der Waals surface area contributed by atoms with E-state index in [1.54, 1.807) is 11.3 Å². The van der Waals surface area contributed by atoms with Crippen LogP contribution >= 0.6 is 47.8 Å². The summed E-state index contributed by atoms with van der Waals surface area (Å²) in [6.07, 6.45) is 3.00. The Morgan fingerprint density at radius 2 is 2.06 bits per heavy atom. The van der Waals surface area contributed by atoms with Gasteiger partial charge in [-0.05, 0) is 18.6 Å². The first-order chi connectivity index (χ1) is 7.81. The van der Waals surface area contributed by atoms with Crippen molar-refractivity contribution >= 4 is 47.8 Å². The lowest BCUT2D eigenvalue weighted by Crippen LogP contribution is -2.44. The van der Waals surface area contributed by atoms with Crippen molar-refractivity contribution in [1.82, 2.24) is 10.2 Å². The Morgan fingerprint density at radius 3 is 2.56 bits per heavy atom. The van der Waals surface area contributed by atoms with Crippen LogP contribution in [-0.4, -0.2) is 31.1 Å². The third-order valence-corrected chi connectivity index (χ3v) is 4.24. The van der Waals surface area contributed by atoms with E-state index in [9.17, 15) is 0 Å². The predicted molar refractivity (Wildman–Crippen MR) is 85.8 cm³/mol. The van der Waals surface area contributed by atoms with Crippen LogP contribution in [0.1, 0.15) is 17.3 Å². The molecule has 0 radical (unpaired) electrons. The van der Waals surface area contributed by atoms with Crippen LogP contribution in [0.4, 0.5) is 0 Å². The maximum atomic E-state index is 6.01. The first-order valence-corrected chi connectivity index (χ1v) is 6.81. The fourth-order valence-corrected chi connectivity index (χ4v) is 3.31. The summed E-state index contributed by atoms with van der Waals surface area (Å²) in [5.74, 6) is 0. The number of thiophene rings is 1. The molecule has 0 bridgehead atoms. The van der Waals surface area contributed by atoms with Gasteiger partial charge in [-0.1, -0.05) is 17.7 Å². The zero-order chi connectivity index (χ0) is 11.4. The molecular formula is C12H19Cl3N2S. The van der Waals surface area contributed by atoms with Crippen LogP contribution < -0.4 is 5.32 Å². The quantitative estimate of drug-likeness (QED) is 0.846. The van der Waals surface area contributed by atoms with E-state index in [1.807, 2.05) is 12.1 Å². The van der Waals surface area contributed by atoms with Gasteiger partial charge >= 0.3 is 0 Å². The average Bonchev–Trinajstić information content (AvgIpc) is 2.74. The highest BCUT2D eigenvalue weighted by molar-refractivity contribution is 7.16. The zero-order valence-corrected chi connectivity index (χ0v) is 13.3. The van der Waals surface area contributed by atoms with E-state index in [4.69, 9.17) is 11.6 Å². The second kappa shape index (κ2) is 9.18. The van der Waals surface area contributed by atoms with Crippen molar-refractivity contribution < 1.29 is 0 Å². The summed E-state index contributed by atoms with van der Waals surface area (Å²) in [6, 6.07) is 4.58. The summed E-state index contributed by atoms with van der Waals surface area (Å²) in [7, 11) is 0. The Labute approximate surface area is 130 Å². The maximum Gasteiger partial charge on any atom is 0.0931 e. The maximum absolute atomic E-state index is 6.01. The number of hydrogen-bond donors (Lipinski definition) is 1. The first kappa shape index (κ1) is 18.2. The van der Waals surface area contributed by atoms with E-state index in [2.05, 4.69) is 22.9 Å². The number of rotatable bonds is 4. The standard InChI is InChI=1S/C12H17ClN2S.2ClH/c1-2-3-10(11-4-5-12(13)16-11)15-8-6-14-7-9-15;;/h2,4-5,10,14H,1,3,6-9H2;2*1H/t10-;;/m1../s1. The summed E-state index contributed by atoms with van der Waals surface area (Å²) < 4.78 is 0.874. The van der Waals surface area contributed by atoms with Gasteiger partial charge in [0.1, 0.15) is 0 Å². The molecular weight excluding hydrogens is 311 g/mol. The smallest absolute Gasteiger partial charge is 0.0931 e. The van der Waals surface area contributed by atoms with Gasteiger partial charge in [-0.3, -0.25) is 4.90 Å². The number of piperazine rings is 1. The Morgan fingerprint density at radius 1 is 1.39 bits per heavy atom. The van der Waals surface area contributed by atoms with E-state index in [1.165, 1.54) is 4.88 Å². The van der Waals surface area contributed by atoms with Crippen molar-refractivity contribution in [1.29, 1.82) is 0 Å². The SMILES string of the molecule is C=CC[C@H](c1ccc(Cl)s1)N1CCNCC1.Cl.Cl. The minimum absolute atomic E-state index is 0. The fraction of sp³-hybridized carbons (Fsp3) is 0.500. The third-order valence-electron chi connectivity index (χ3n) is 2.90. The van der Waals surface area contributed by atoms with Gasteiger partial charge in [-0.2, -0.15) is 0 Å². The van der Waals surface area contributed by atoms with Crippen LogP contribution in [-0.2, 0) is 0 Å². The molecule has 1 aliphatic rings. The Kier molecular flexibility index (Phi) is 9.30. The minimum atomic E-state index is 0. The Balaban J connectivity index is 0.00000144. The molecule has 0 amide bonds. The first-order valence-electron chi connectivity index (χ1n) is 5.62. The molecule has 18 heavy (non-hydrogen) atoms. The van der Waals surface area contributed by atoms with E-state index >= 15 is 0 Å². The van der Waals surface area contributed by atoms with Crippen molar-refractivity contribution in [2.24, 2.45) is 0 Å². The molecule has 0 spiro atoms. The molecule has 0 saturated carbocycles. The minimum Gasteiger partial charge on any atom is -0.314 e. The van der Waals surface area contributed by atoms with Crippen LogP contribution in [0, 0.1) is 0 Å². The van der Waals surface area contributed by atoms with Gasteiger partial charge in [0.25, 0.3) is 0 Å². The van der Waals surface area contributed by atoms with Crippen LogP contribution in [0.3, 0.4) is 0 Å². The lowest BCUT2D eigenvalue weighted by atomic mass is 10.1. The van der Waals surface area contributed by atoms with Crippen molar-refractivity contribution in [3.63, 3.8) is 0 Å². The van der Waals surface area contributed by atoms with E-state index in [0.717, 1.165) is 36.9 Å². The molecule has 0 unspecified atom stereocenters. The fourth-order valence-electron chi connectivity index (χ4n) is 2.10. The number of nitrogens with one attached hydrogen (secondary N) is 1. The molecule has 2 nitrogen and oxygen atoms in total. The summed E-state index contributed by atoms with van der Waals surface area (Å²) in [5, 5.41) is 3.38. The van der Waals surface area contributed by atoms with Gasteiger partial charge in [0.15, 0.2) is 0 Å². The average molecular weight is 330 g/mol. The normalized spacial score (nSPS) is 17.4. The highest BCUT2D eigenvalue weighted by atomic mass is 35.5. The predicted octanol–water partition coefficient (Wildman–Crippen LogP) is 3.77. The molecule has 104 valence electrons. The second-order valence-electron chi connectivity index (χ2n) is 3.97. The van der Waals surface area contributed by atoms with E-state index in [-0.39, 0.29) is 24.8 Å². The Hall–Kier alpha value is 0.230. The molecule has 2 heterocycles. The van der Waals surface area contributed by atoms with Crippen molar-refractivity contribution in [2.75, 3.05) is 26.2 Å². The highest BCUT2D eigenvalue weighted by Crippen LogP contribution is 2.32. The van der Waals surface area contributed by atoms with Crippen LogP contribution in [0.15, 0.2) is 24.8 Å². The van der Waals surface area contributed by atoms with Crippen molar-refractivity contribution in [3.8, 4) is 0 Å². The van der Waals surface area contributed by atoms with Gasteiger partial charge in [0.2, 0.25) is 0 Å². The third kappa shape index (κ3) is 4.72. The van der Waals surface area contributed by atoms with Gasteiger partial charge in [0, 0.05) is 37.1 Å². The molecule has 1 aliphatic heterocycles. The van der Waals surface area contributed by atoms with Gasteiger partial charge in [-0.25, -0.2) is 0 Å². The summed E-state index contributed by atoms with van der Waals surface area (Å²) in [6.45, 7) is 8.22. The Bertz CT molecular complexity index is 351. The van der Waals surface area contributed by atoms with Crippen LogP contribution in [0.2, 0.25) is 4.34 Å². The van der Waals surface area contributed by atoms with E-state index in [0.29, 0.717) is 6.04 Å². The highest BCUT2D eigenvalue weighted by Gasteiger charge is 2.22. The van der Waals surface area contributed by atoms with Crippen molar-refractivity contribution in [3.05, 3.63) is 34.0 Å². The molecule has 1 saturated heterocycles. The van der Waals surface area contributed by atoms with Gasteiger partial charge in [0.05, 0.1) is 4.34 Å². The number of halogens is 3. The molecule has 1 aromatic rings. The summed E-state index contributed by atoms with van der Waals surface area (Å²) in [5.41, 5.74) is 0. The molecule has 2 rings (SSSR count). The molecule has 0 aromatic carbocycles. The lowest BCUT2D eigenvalue weighted by Gasteiger charge is -2.33. The molecule has 6 heteroatoms. The lowest BCUT2D eigenvalue weighted by molar-refractivity contribution is 0.177. The van der Waals surface area contributed by atoms with Crippen LogP contribution in [0.25, 0.3) is 0 Å². The zero-order valence-electron chi connectivity index (χ0n) is 10.1. The molecule has 0 aliphatic carbocycles. The van der Waals surface area contributed by atoms with Crippen LogP contribution in [0.5, 0.6) is 0 Å². The molecule has 1 N–H and O–H groups in total. The second-order valence-corrected chi connectivity index (χ2v) is 5.71. The summed E-state index contributed by atoms with van der Waals surface area (Å²) >= 11 is 7.69. The number of hydrogen-bond acceptors (Lipinski definition) is 3. The monoisotopic (exact) mass is 328 g/mol. The molecule has 1 atom stereocenters. The van der Waals surface area contributed by atoms with Crippen molar-refractivity contribution in [2.45, 2.75) is 12.5 Å². The molecule has 1 fully saturated rings. The molecule has 1 aromatic heterocycles. The summed E-state index contributed by atoms with van der Waals surface area (Å²) in [4.78, 5) is 3.87. The van der Waals surface area contributed by atoms with E-state index < -0.39 is 0 Å². The number of nitrogens with zero attached hydrogens (tertiary/aromatic N) is 1. The topological polar surface area (TPSA) is 15.3 Å². The van der Waals surface area contributed by atoms with Gasteiger partial charge in [-0.15, -0.1) is 42.7 Å². The van der Waals surface area contributed by atoms with Gasteiger partial charge < -0.3 is 5.32 Å².